The van der Waals surface area contributed by atoms with Gasteiger partial charge in [0.15, 0.2) is 0 Å². The van der Waals surface area contributed by atoms with Crippen LogP contribution in [0.5, 0.6) is 0 Å². The zero-order valence-corrected chi connectivity index (χ0v) is 14.4. The minimum Gasteiger partial charge on any atom is -0.381 e. The highest BCUT2D eigenvalue weighted by Crippen LogP contribution is 2.23. The number of carbonyl (C=O) groups excluding carboxylic acids is 1. The fourth-order valence-electron chi connectivity index (χ4n) is 3.32. The Morgan fingerprint density at radius 1 is 1.15 bits per heavy atom. The molecule has 4 rings (SSSR count). The molecule has 0 saturated carbocycles. The standard InChI is InChI=1S/C20H22N4O2/c21-18(13-9-11-26-12-10-13)20(25)22-15-7-5-14(6-8-15)19-23-16-3-1-2-4-17(16)24-19/h1-8,13,18H,9-12,21H2,(H,22,25)(H,23,24). The van der Waals surface area contributed by atoms with Crippen molar-refractivity contribution in [1.82, 2.24) is 9.97 Å². The number of nitrogens with one attached hydrogen (secondary N) is 2. The molecule has 1 unspecified atom stereocenters. The third-order valence-electron chi connectivity index (χ3n) is 4.89. The number of ether oxygens (including phenoxy) is 1. The second kappa shape index (κ2) is 7.27. The Morgan fingerprint density at radius 2 is 1.88 bits per heavy atom. The summed E-state index contributed by atoms with van der Waals surface area (Å²) in [6.07, 6.45) is 1.67. The molecule has 1 saturated heterocycles. The van der Waals surface area contributed by atoms with Gasteiger partial charge in [-0.25, -0.2) is 4.98 Å². The predicted molar refractivity (Wildman–Crippen MR) is 102 cm³/mol. The van der Waals surface area contributed by atoms with E-state index in [1.54, 1.807) is 0 Å². The summed E-state index contributed by atoms with van der Waals surface area (Å²) in [6, 6.07) is 15.0. The Labute approximate surface area is 151 Å². The van der Waals surface area contributed by atoms with Crippen LogP contribution in [-0.2, 0) is 9.53 Å². The Kier molecular flexibility index (Phi) is 4.69. The molecule has 2 aromatic carbocycles. The molecule has 3 aromatic rings. The fourth-order valence-corrected chi connectivity index (χ4v) is 3.32. The third-order valence-corrected chi connectivity index (χ3v) is 4.89. The highest BCUT2D eigenvalue weighted by Gasteiger charge is 2.26. The molecule has 0 spiro atoms. The molecule has 1 amide bonds. The van der Waals surface area contributed by atoms with E-state index in [1.165, 1.54) is 0 Å². The number of para-hydroxylation sites is 2. The van der Waals surface area contributed by atoms with Crippen LogP contribution in [0, 0.1) is 5.92 Å². The van der Waals surface area contributed by atoms with Gasteiger partial charge in [-0.15, -0.1) is 0 Å². The molecule has 6 nitrogen and oxygen atoms in total. The number of amides is 1. The van der Waals surface area contributed by atoms with Gasteiger partial charge in [0.25, 0.3) is 0 Å². The molecule has 0 bridgehead atoms. The predicted octanol–water partition coefficient (Wildman–Crippen LogP) is 2.92. The van der Waals surface area contributed by atoms with Crippen LogP contribution in [0.1, 0.15) is 12.8 Å². The number of hydrogen-bond donors (Lipinski definition) is 3. The summed E-state index contributed by atoms with van der Waals surface area (Å²) in [5.41, 5.74) is 9.76. The van der Waals surface area contributed by atoms with Crippen molar-refractivity contribution in [1.29, 1.82) is 0 Å². The molecule has 1 fully saturated rings. The molecular formula is C20H22N4O2. The molecule has 1 aliphatic heterocycles. The quantitative estimate of drug-likeness (QED) is 0.674. The van der Waals surface area contributed by atoms with E-state index >= 15 is 0 Å². The van der Waals surface area contributed by atoms with Gasteiger partial charge in [-0.3, -0.25) is 4.79 Å². The van der Waals surface area contributed by atoms with E-state index in [0.29, 0.717) is 13.2 Å². The summed E-state index contributed by atoms with van der Waals surface area (Å²) in [6.45, 7) is 1.36. The van der Waals surface area contributed by atoms with Crippen LogP contribution < -0.4 is 11.1 Å². The van der Waals surface area contributed by atoms with Gasteiger partial charge < -0.3 is 20.8 Å². The van der Waals surface area contributed by atoms with Crippen LogP contribution in [0.15, 0.2) is 48.5 Å². The number of nitrogens with two attached hydrogens (primary N) is 1. The lowest BCUT2D eigenvalue weighted by Crippen LogP contribution is -2.43. The van der Waals surface area contributed by atoms with E-state index in [4.69, 9.17) is 10.5 Å². The molecule has 0 radical (unpaired) electrons. The van der Waals surface area contributed by atoms with Crippen LogP contribution in [0.25, 0.3) is 22.4 Å². The topological polar surface area (TPSA) is 93.0 Å². The van der Waals surface area contributed by atoms with Crippen LogP contribution in [0.4, 0.5) is 5.69 Å². The summed E-state index contributed by atoms with van der Waals surface area (Å²) in [5.74, 6) is 0.843. The largest absolute Gasteiger partial charge is 0.381 e. The lowest BCUT2D eigenvalue weighted by atomic mass is 9.92. The highest BCUT2D eigenvalue weighted by atomic mass is 16.5. The van der Waals surface area contributed by atoms with Gasteiger partial charge in [0, 0.05) is 24.5 Å². The normalized spacial score (nSPS) is 16.5. The van der Waals surface area contributed by atoms with E-state index in [0.717, 1.165) is 41.0 Å². The first kappa shape index (κ1) is 16.8. The van der Waals surface area contributed by atoms with Crippen molar-refractivity contribution in [2.75, 3.05) is 18.5 Å². The number of aromatic amines is 1. The van der Waals surface area contributed by atoms with Crippen molar-refractivity contribution >= 4 is 22.6 Å². The van der Waals surface area contributed by atoms with Crippen molar-refractivity contribution in [3.8, 4) is 11.4 Å². The lowest BCUT2D eigenvalue weighted by Gasteiger charge is -2.26. The van der Waals surface area contributed by atoms with E-state index in [2.05, 4.69) is 15.3 Å². The van der Waals surface area contributed by atoms with Crippen molar-refractivity contribution in [2.24, 2.45) is 11.7 Å². The van der Waals surface area contributed by atoms with Gasteiger partial charge in [-0.2, -0.15) is 0 Å². The molecule has 134 valence electrons. The second-order valence-corrected chi connectivity index (χ2v) is 6.64. The zero-order chi connectivity index (χ0) is 17.9. The second-order valence-electron chi connectivity index (χ2n) is 6.64. The van der Waals surface area contributed by atoms with E-state index in [-0.39, 0.29) is 11.8 Å². The number of carbonyl (C=O) groups is 1. The first-order valence-corrected chi connectivity index (χ1v) is 8.90. The molecule has 2 heterocycles. The third kappa shape index (κ3) is 3.47. The summed E-state index contributed by atoms with van der Waals surface area (Å²) in [4.78, 5) is 20.3. The maximum Gasteiger partial charge on any atom is 0.241 e. The summed E-state index contributed by atoms with van der Waals surface area (Å²) < 4.78 is 5.33. The van der Waals surface area contributed by atoms with Gasteiger partial charge in [0.2, 0.25) is 5.91 Å². The lowest BCUT2D eigenvalue weighted by molar-refractivity contribution is -0.119. The van der Waals surface area contributed by atoms with Crippen molar-refractivity contribution in [3.63, 3.8) is 0 Å². The van der Waals surface area contributed by atoms with Crippen LogP contribution in [0.2, 0.25) is 0 Å². The van der Waals surface area contributed by atoms with Gasteiger partial charge >= 0.3 is 0 Å². The molecule has 4 N–H and O–H groups in total. The number of H-pyrrole nitrogens is 1. The minimum atomic E-state index is -0.506. The number of nitrogens with zero attached hydrogens (tertiary/aromatic N) is 1. The summed E-state index contributed by atoms with van der Waals surface area (Å²) in [5, 5.41) is 2.91. The summed E-state index contributed by atoms with van der Waals surface area (Å²) in [7, 11) is 0. The number of fused-ring (bicyclic) bond motifs is 1. The molecule has 26 heavy (non-hydrogen) atoms. The smallest absolute Gasteiger partial charge is 0.241 e. The fraction of sp³-hybridized carbons (Fsp3) is 0.300. The van der Waals surface area contributed by atoms with Gasteiger partial charge in [0.1, 0.15) is 5.82 Å². The van der Waals surface area contributed by atoms with Crippen LogP contribution >= 0.6 is 0 Å². The maximum absolute atomic E-state index is 12.4. The van der Waals surface area contributed by atoms with E-state index in [1.807, 2.05) is 48.5 Å². The van der Waals surface area contributed by atoms with E-state index < -0.39 is 6.04 Å². The Bertz CT molecular complexity index is 865. The van der Waals surface area contributed by atoms with Crippen LogP contribution in [0.3, 0.4) is 0 Å². The molecule has 1 atom stereocenters. The van der Waals surface area contributed by atoms with Crippen molar-refractivity contribution < 1.29 is 9.53 Å². The summed E-state index contributed by atoms with van der Waals surface area (Å²) >= 11 is 0. The highest BCUT2D eigenvalue weighted by molar-refractivity contribution is 5.95. The van der Waals surface area contributed by atoms with Crippen molar-refractivity contribution in [3.05, 3.63) is 48.5 Å². The average Bonchev–Trinajstić information content (AvgIpc) is 3.13. The van der Waals surface area contributed by atoms with Crippen LogP contribution in [-0.4, -0.2) is 35.1 Å². The number of rotatable bonds is 4. The van der Waals surface area contributed by atoms with Gasteiger partial charge in [-0.05, 0) is 55.2 Å². The molecule has 6 heteroatoms. The maximum atomic E-state index is 12.4. The average molecular weight is 350 g/mol. The molecular weight excluding hydrogens is 328 g/mol. The zero-order valence-electron chi connectivity index (χ0n) is 14.4. The Morgan fingerprint density at radius 3 is 2.62 bits per heavy atom. The minimum absolute atomic E-state index is 0.145. The number of anilines is 1. The molecule has 1 aliphatic rings. The monoisotopic (exact) mass is 350 g/mol. The number of benzene rings is 2. The number of imidazole rings is 1. The Hall–Kier alpha value is -2.70. The SMILES string of the molecule is NC(C(=O)Nc1ccc(-c2nc3ccccc3[nH]2)cc1)C1CCOCC1. The molecule has 1 aromatic heterocycles. The first-order chi connectivity index (χ1) is 12.7. The Balaban J connectivity index is 1.44. The van der Waals surface area contributed by atoms with E-state index in [9.17, 15) is 4.79 Å². The molecule has 0 aliphatic carbocycles. The van der Waals surface area contributed by atoms with Gasteiger partial charge in [0.05, 0.1) is 17.1 Å². The first-order valence-electron chi connectivity index (χ1n) is 8.90. The van der Waals surface area contributed by atoms with Gasteiger partial charge in [-0.1, -0.05) is 12.1 Å². The number of hydrogen-bond acceptors (Lipinski definition) is 4. The van der Waals surface area contributed by atoms with Crippen molar-refractivity contribution in [2.45, 2.75) is 18.9 Å². The number of aromatic nitrogens is 2.